The molecule has 0 bridgehead atoms. The van der Waals surface area contributed by atoms with E-state index in [1.165, 1.54) is 10.9 Å². The van der Waals surface area contributed by atoms with Crippen LogP contribution in [0.5, 0.6) is 0 Å². The third-order valence-corrected chi connectivity index (χ3v) is 4.65. The number of carbonyl (C=O) groups is 1. The molecular formula is C16H23N3O3S. The third kappa shape index (κ3) is 4.99. The maximum Gasteiger partial charge on any atom is 0.314 e. The van der Waals surface area contributed by atoms with Crippen LogP contribution in [0.3, 0.4) is 0 Å². The summed E-state index contributed by atoms with van der Waals surface area (Å²) in [5.74, 6) is -0.0529. The fraction of sp³-hybridized carbons (Fsp3) is 0.438. The predicted octanol–water partition coefficient (Wildman–Crippen LogP) is 1.62. The van der Waals surface area contributed by atoms with Gasteiger partial charge in [0.2, 0.25) is 0 Å². The number of para-hydroxylation sites is 1. The highest BCUT2D eigenvalue weighted by Gasteiger charge is 2.08. The lowest BCUT2D eigenvalue weighted by atomic mass is 10.1. The van der Waals surface area contributed by atoms with Crippen molar-refractivity contribution in [2.75, 3.05) is 25.1 Å². The van der Waals surface area contributed by atoms with Gasteiger partial charge in [-0.1, -0.05) is 25.1 Å². The second kappa shape index (κ2) is 7.50. The van der Waals surface area contributed by atoms with Gasteiger partial charge < -0.3 is 15.6 Å². The van der Waals surface area contributed by atoms with E-state index in [1.807, 2.05) is 12.3 Å². The number of benzene rings is 1. The number of fused-ring (bicyclic) bond motifs is 1. The number of carbonyl (C=O) groups excluding carboxylic acids is 1. The molecule has 0 atom stereocenters. The summed E-state index contributed by atoms with van der Waals surface area (Å²) in [7, 11) is -3.05. The molecule has 2 aromatic rings. The second-order valence-corrected chi connectivity index (χ2v) is 7.83. The molecule has 0 fully saturated rings. The summed E-state index contributed by atoms with van der Waals surface area (Å²) in [6.07, 6.45) is 4.81. The molecule has 126 valence electrons. The van der Waals surface area contributed by atoms with Crippen LogP contribution in [-0.4, -0.2) is 44.5 Å². The SMILES string of the molecule is CCc1cccc2c(CCNC(=O)NCCS(C)(=O)=O)c[nH]c12. The summed E-state index contributed by atoms with van der Waals surface area (Å²) in [4.78, 5) is 14.9. The molecule has 0 aliphatic rings. The minimum absolute atomic E-state index is 0.0529. The Morgan fingerprint density at radius 3 is 2.61 bits per heavy atom. The quantitative estimate of drug-likeness (QED) is 0.717. The highest BCUT2D eigenvalue weighted by atomic mass is 32.2. The van der Waals surface area contributed by atoms with Crippen molar-refractivity contribution in [1.82, 2.24) is 15.6 Å². The summed E-state index contributed by atoms with van der Waals surface area (Å²) in [6, 6.07) is 5.88. The van der Waals surface area contributed by atoms with E-state index in [-0.39, 0.29) is 18.3 Å². The number of aryl methyl sites for hydroxylation is 1. The molecule has 1 heterocycles. The number of aromatic amines is 1. The zero-order valence-corrected chi connectivity index (χ0v) is 14.3. The van der Waals surface area contributed by atoms with Gasteiger partial charge in [-0.3, -0.25) is 0 Å². The van der Waals surface area contributed by atoms with Crippen molar-refractivity contribution in [1.29, 1.82) is 0 Å². The van der Waals surface area contributed by atoms with Crippen LogP contribution < -0.4 is 10.6 Å². The van der Waals surface area contributed by atoms with E-state index < -0.39 is 9.84 Å². The average molecular weight is 337 g/mol. The zero-order valence-electron chi connectivity index (χ0n) is 13.5. The van der Waals surface area contributed by atoms with Gasteiger partial charge in [0.05, 0.1) is 5.75 Å². The van der Waals surface area contributed by atoms with Gasteiger partial charge in [0, 0.05) is 36.4 Å². The van der Waals surface area contributed by atoms with Crippen molar-refractivity contribution in [3.63, 3.8) is 0 Å². The van der Waals surface area contributed by atoms with Gasteiger partial charge in [0.1, 0.15) is 9.84 Å². The Kier molecular flexibility index (Phi) is 5.65. The Morgan fingerprint density at radius 2 is 1.91 bits per heavy atom. The Morgan fingerprint density at radius 1 is 1.17 bits per heavy atom. The Labute approximate surface area is 136 Å². The van der Waals surface area contributed by atoms with E-state index in [9.17, 15) is 13.2 Å². The average Bonchev–Trinajstić information content (AvgIpc) is 2.89. The third-order valence-electron chi connectivity index (χ3n) is 3.71. The largest absolute Gasteiger partial charge is 0.361 e. The molecule has 0 spiro atoms. The number of amides is 2. The number of nitrogens with one attached hydrogen (secondary N) is 3. The van der Waals surface area contributed by atoms with Gasteiger partial charge in [-0.25, -0.2) is 13.2 Å². The molecule has 2 amide bonds. The van der Waals surface area contributed by atoms with Crippen LogP contribution in [0.15, 0.2) is 24.4 Å². The number of hydrogen-bond donors (Lipinski definition) is 3. The van der Waals surface area contributed by atoms with Crippen LogP contribution in [0.2, 0.25) is 0 Å². The highest BCUT2D eigenvalue weighted by molar-refractivity contribution is 7.90. The van der Waals surface area contributed by atoms with Crippen LogP contribution in [0.4, 0.5) is 4.79 Å². The Hall–Kier alpha value is -2.02. The van der Waals surface area contributed by atoms with Gasteiger partial charge in [0.15, 0.2) is 0 Å². The second-order valence-electron chi connectivity index (χ2n) is 5.57. The summed E-state index contributed by atoms with van der Waals surface area (Å²) in [5.41, 5.74) is 3.59. The van der Waals surface area contributed by atoms with Crippen molar-refractivity contribution < 1.29 is 13.2 Å². The molecule has 0 aliphatic carbocycles. The summed E-state index contributed by atoms with van der Waals surface area (Å²) < 4.78 is 22.0. The molecule has 0 radical (unpaired) electrons. The normalized spacial score (nSPS) is 11.6. The number of hydrogen-bond acceptors (Lipinski definition) is 3. The number of H-pyrrole nitrogens is 1. The fourth-order valence-electron chi connectivity index (χ4n) is 2.50. The number of urea groups is 1. The summed E-state index contributed by atoms with van der Waals surface area (Å²) in [5, 5.41) is 6.46. The van der Waals surface area contributed by atoms with E-state index in [1.54, 1.807) is 0 Å². The first kappa shape index (κ1) is 17.3. The minimum atomic E-state index is -3.05. The van der Waals surface area contributed by atoms with Crippen molar-refractivity contribution >= 4 is 26.8 Å². The lowest BCUT2D eigenvalue weighted by Crippen LogP contribution is -2.38. The maximum atomic E-state index is 11.6. The zero-order chi connectivity index (χ0) is 16.9. The summed E-state index contributed by atoms with van der Waals surface area (Å²) >= 11 is 0. The molecule has 6 nitrogen and oxygen atoms in total. The molecule has 0 aliphatic heterocycles. The lowest BCUT2D eigenvalue weighted by molar-refractivity contribution is 0.241. The number of aromatic nitrogens is 1. The van der Waals surface area contributed by atoms with Crippen molar-refractivity contribution in [2.24, 2.45) is 0 Å². The minimum Gasteiger partial charge on any atom is -0.361 e. The van der Waals surface area contributed by atoms with Crippen LogP contribution in [0.25, 0.3) is 10.9 Å². The molecule has 0 unspecified atom stereocenters. The molecule has 1 aromatic heterocycles. The fourth-order valence-corrected chi connectivity index (χ4v) is 2.97. The molecule has 7 heteroatoms. The van der Waals surface area contributed by atoms with Crippen molar-refractivity contribution in [2.45, 2.75) is 19.8 Å². The van der Waals surface area contributed by atoms with Gasteiger partial charge in [-0.05, 0) is 24.0 Å². The molecule has 3 N–H and O–H groups in total. The van der Waals surface area contributed by atoms with Crippen LogP contribution in [0.1, 0.15) is 18.1 Å². The molecule has 0 saturated heterocycles. The van der Waals surface area contributed by atoms with Gasteiger partial charge in [-0.2, -0.15) is 0 Å². The molecule has 23 heavy (non-hydrogen) atoms. The van der Waals surface area contributed by atoms with Gasteiger partial charge in [0.25, 0.3) is 0 Å². The van der Waals surface area contributed by atoms with Gasteiger partial charge >= 0.3 is 6.03 Å². The molecule has 1 aromatic carbocycles. The van der Waals surface area contributed by atoms with Crippen LogP contribution >= 0.6 is 0 Å². The van der Waals surface area contributed by atoms with E-state index in [4.69, 9.17) is 0 Å². The van der Waals surface area contributed by atoms with Crippen molar-refractivity contribution in [3.8, 4) is 0 Å². The Balaban J connectivity index is 1.84. The molecular weight excluding hydrogens is 314 g/mol. The van der Waals surface area contributed by atoms with Crippen LogP contribution in [-0.2, 0) is 22.7 Å². The number of rotatable bonds is 7. The van der Waals surface area contributed by atoms with Gasteiger partial charge in [-0.15, -0.1) is 0 Å². The first-order valence-electron chi connectivity index (χ1n) is 7.68. The van der Waals surface area contributed by atoms with E-state index in [0.717, 1.165) is 23.8 Å². The van der Waals surface area contributed by atoms with E-state index in [0.29, 0.717) is 13.0 Å². The van der Waals surface area contributed by atoms with Crippen molar-refractivity contribution in [3.05, 3.63) is 35.5 Å². The van der Waals surface area contributed by atoms with E-state index >= 15 is 0 Å². The maximum absolute atomic E-state index is 11.6. The topological polar surface area (TPSA) is 91.1 Å². The first-order chi connectivity index (χ1) is 10.9. The Bertz CT molecular complexity index is 781. The lowest BCUT2D eigenvalue weighted by Gasteiger charge is -2.07. The van der Waals surface area contributed by atoms with Crippen LogP contribution in [0, 0.1) is 0 Å². The number of sulfone groups is 1. The first-order valence-corrected chi connectivity index (χ1v) is 9.74. The standard InChI is InChI=1S/C16H23N3O3S/c1-3-12-5-4-6-14-13(11-19-15(12)14)7-8-17-16(20)18-9-10-23(2,21)22/h4-6,11,19H,3,7-10H2,1-2H3,(H2,17,18,20). The summed E-state index contributed by atoms with van der Waals surface area (Å²) in [6.45, 7) is 2.74. The molecule has 0 saturated carbocycles. The van der Waals surface area contributed by atoms with E-state index in [2.05, 4.69) is 34.7 Å². The monoisotopic (exact) mass is 337 g/mol. The highest BCUT2D eigenvalue weighted by Crippen LogP contribution is 2.22. The smallest absolute Gasteiger partial charge is 0.314 e. The molecule has 2 rings (SSSR count). The predicted molar refractivity (Wildman–Crippen MR) is 92.5 cm³/mol.